The lowest BCUT2D eigenvalue weighted by molar-refractivity contribution is -0.137. The largest absolute Gasteiger partial charge is 0.336 e. The third-order valence-corrected chi connectivity index (χ3v) is 6.61. The Kier molecular flexibility index (Phi) is 4.49. The normalized spacial score (nSPS) is 16.2. The zero-order valence-electron chi connectivity index (χ0n) is 15.5. The highest BCUT2D eigenvalue weighted by molar-refractivity contribution is 7.11. The SMILES string of the molecule is O=C1C(c2cccs2)=C(N2CCc3ccccc32)C(=O)N1Cc1ccccc1Cl. The fourth-order valence-corrected chi connectivity index (χ4v) is 4.93. The van der Waals surface area contributed by atoms with E-state index >= 15 is 0 Å². The van der Waals surface area contributed by atoms with Gasteiger partial charge in [0.2, 0.25) is 0 Å². The minimum absolute atomic E-state index is 0.158. The van der Waals surface area contributed by atoms with E-state index in [1.54, 1.807) is 6.07 Å². The molecular formula is C23H17ClN2O2S. The molecule has 0 N–H and O–H groups in total. The molecular weight excluding hydrogens is 404 g/mol. The Morgan fingerprint density at radius 3 is 2.52 bits per heavy atom. The number of fused-ring (bicyclic) bond motifs is 1. The quantitative estimate of drug-likeness (QED) is 0.572. The first kappa shape index (κ1) is 18.2. The number of benzene rings is 2. The van der Waals surface area contributed by atoms with Crippen molar-refractivity contribution in [2.24, 2.45) is 0 Å². The van der Waals surface area contributed by atoms with Gasteiger partial charge in [-0.15, -0.1) is 11.3 Å². The van der Waals surface area contributed by atoms with Crippen molar-refractivity contribution < 1.29 is 9.59 Å². The predicted molar refractivity (Wildman–Crippen MR) is 116 cm³/mol. The van der Waals surface area contributed by atoms with Crippen molar-refractivity contribution in [1.29, 1.82) is 0 Å². The smallest absolute Gasteiger partial charge is 0.278 e. The number of amides is 2. The van der Waals surface area contributed by atoms with Gasteiger partial charge in [-0.2, -0.15) is 0 Å². The molecule has 5 rings (SSSR count). The number of thiophene rings is 1. The van der Waals surface area contributed by atoms with Crippen LogP contribution in [0, 0.1) is 0 Å². The molecule has 0 fully saturated rings. The first-order chi connectivity index (χ1) is 14.1. The number of carbonyl (C=O) groups excluding carboxylic acids is 2. The van der Waals surface area contributed by atoms with E-state index in [4.69, 9.17) is 11.6 Å². The van der Waals surface area contributed by atoms with E-state index in [-0.39, 0.29) is 18.4 Å². The molecule has 2 amide bonds. The van der Waals surface area contributed by atoms with Crippen molar-refractivity contribution in [3.63, 3.8) is 0 Å². The van der Waals surface area contributed by atoms with Crippen LogP contribution in [0.25, 0.3) is 5.57 Å². The molecule has 4 nitrogen and oxygen atoms in total. The van der Waals surface area contributed by atoms with Crippen LogP contribution in [0.3, 0.4) is 0 Å². The lowest BCUT2D eigenvalue weighted by Gasteiger charge is -2.22. The van der Waals surface area contributed by atoms with Crippen LogP contribution in [-0.4, -0.2) is 23.3 Å². The summed E-state index contributed by atoms with van der Waals surface area (Å²) in [6.07, 6.45) is 0.851. The second-order valence-corrected chi connectivity index (χ2v) is 8.37. The van der Waals surface area contributed by atoms with Crippen LogP contribution in [0.15, 0.2) is 71.7 Å². The minimum atomic E-state index is -0.268. The molecule has 0 spiro atoms. The van der Waals surface area contributed by atoms with Crippen molar-refractivity contribution in [3.05, 3.63) is 92.8 Å². The van der Waals surface area contributed by atoms with Crippen LogP contribution in [0.5, 0.6) is 0 Å². The monoisotopic (exact) mass is 420 g/mol. The molecule has 0 bridgehead atoms. The van der Waals surface area contributed by atoms with Crippen LogP contribution in [-0.2, 0) is 22.6 Å². The van der Waals surface area contributed by atoms with Gasteiger partial charge in [-0.05, 0) is 41.1 Å². The number of imide groups is 1. The van der Waals surface area contributed by atoms with Crippen molar-refractivity contribution in [3.8, 4) is 0 Å². The van der Waals surface area contributed by atoms with E-state index in [9.17, 15) is 9.59 Å². The standard InChI is InChI=1S/C23H17ClN2O2S/c24-17-8-3-1-7-16(17)14-26-22(27)20(19-10-5-13-29-19)21(23(26)28)25-12-11-15-6-2-4-9-18(15)25/h1-10,13H,11-12,14H2. The van der Waals surface area contributed by atoms with E-state index in [0.717, 1.165) is 22.5 Å². The number of hydrogen-bond acceptors (Lipinski definition) is 4. The predicted octanol–water partition coefficient (Wildman–Crippen LogP) is 4.74. The van der Waals surface area contributed by atoms with E-state index < -0.39 is 0 Å². The number of halogens is 1. The summed E-state index contributed by atoms with van der Waals surface area (Å²) in [5.41, 5.74) is 3.89. The Balaban J connectivity index is 1.60. The Morgan fingerprint density at radius 1 is 0.931 bits per heavy atom. The molecule has 0 saturated heterocycles. The average Bonchev–Trinajstić information content (AvgIpc) is 3.44. The highest BCUT2D eigenvalue weighted by Gasteiger charge is 2.43. The summed E-state index contributed by atoms with van der Waals surface area (Å²) in [6, 6.07) is 19.2. The first-order valence-corrected chi connectivity index (χ1v) is 10.6. The molecule has 0 unspecified atom stereocenters. The summed E-state index contributed by atoms with van der Waals surface area (Å²) in [7, 11) is 0. The molecule has 6 heteroatoms. The maximum atomic E-state index is 13.5. The summed E-state index contributed by atoms with van der Waals surface area (Å²) in [4.78, 5) is 31.0. The lowest BCUT2D eigenvalue weighted by atomic mass is 10.1. The zero-order chi connectivity index (χ0) is 20.0. The molecule has 29 heavy (non-hydrogen) atoms. The van der Waals surface area contributed by atoms with Crippen molar-refractivity contribution >= 4 is 46.0 Å². The highest BCUT2D eigenvalue weighted by atomic mass is 35.5. The van der Waals surface area contributed by atoms with Gasteiger partial charge < -0.3 is 4.90 Å². The van der Waals surface area contributed by atoms with Gasteiger partial charge in [0.05, 0.1) is 12.1 Å². The third-order valence-electron chi connectivity index (χ3n) is 5.35. The molecule has 0 aliphatic carbocycles. The van der Waals surface area contributed by atoms with Gasteiger partial charge in [0.1, 0.15) is 5.70 Å². The number of carbonyl (C=O) groups is 2. The van der Waals surface area contributed by atoms with Gasteiger partial charge in [-0.3, -0.25) is 14.5 Å². The van der Waals surface area contributed by atoms with Crippen LogP contribution in [0.4, 0.5) is 5.69 Å². The fraction of sp³-hybridized carbons (Fsp3) is 0.130. The molecule has 2 aromatic carbocycles. The maximum Gasteiger partial charge on any atom is 0.278 e. The molecule has 3 heterocycles. The van der Waals surface area contributed by atoms with Gasteiger partial charge in [-0.25, -0.2) is 0 Å². The Bertz CT molecular complexity index is 1150. The minimum Gasteiger partial charge on any atom is -0.336 e. The van der Waals surface area contributed by atoms with Crippen molar-refractivity contribution in [2.45, 2.75) is 13.0 Å². The lowest BCUT2D eigenvalue weighted by Crippen LogP contribution is -2.34. The van der Waals surface area contributed by atoms with E-state index in [1.807, 2.05) is 58.8 Å². The summed E-state index contributed by atoms with van der Waals surface area (Å²) in [5, 5.41) is 2.47. The molecule has 0 radical (unpaired) electrons. The van der Waals surface area contributed by atoms with E-state index in [1.165, 1.54) is 21.8 Å². The molecule has 0 saturated carbocycles. The van der Waals surface area contributed by atoms with E-state index in [2.05, 4.69) is 6.07 Å². The van der Waals surface area contributed by atoms with Gasteiger partial charge in [0, 0.05) is 22.1 Å². The highest BCUT2D eigenvalue weighted by Crippen LogP contribution is 2.40. The Labute approximate surface area is 177 Å². The Morgan fingerprint density at radius 2 is 1.72 bits per heavy atom. The van der Waals surface area contributed by atoms with Crippen LogP contribution >= 0.6 is 22.9 Å². The molecule has 0 atom stereocenters. The number of nitrogens with zero attached hydrogens (tertiary/aromatic N) is 2. The average molecular weight is 421 g/mol. The van der Waals surface area contributed by atoms with Crippen molar-refractivity contribution in [1.82, 2.24) is 4.90 Å². The van der Waals surface area contributed by atoms with Gasteiger partial charge in [0.25, 0.3) is 11.8 Å². The summed E-state index contributed by atoms with van der Waals surface area (Å²) in [6.45, 7) is 0.841. The number of rotatable bonds is 4. The van der Waals surface area contributed by atoms with E-state index in [0.29, 0.717) is 22.8 Å². The molecule has 1 aromatic heterocycles. The summed E-state index contributed by atoms with van der Waals surface area (Å²) >= 11 is 7.76. The number of anilines is 1. The van der Waals surface area contributed by atoms with Crippen LogP contribution < -0.4 is 4.90 Å². The van der Waals surface area contributed by atoms with Crippen molar-refractivity contribution in [2.75, 3.05) is 11.4 Å². The molecule has 2 aliphatic heterocycles. The topological polar surface area (TPSA) is 40.6 Å². The summed E-state index contributed by atoms with van der Waals surface area (Å²) < 4.78 is 0. The third kappa shape index (κ3) is 2.98. The zero-order valence-corrected chi connectivity index (χ0v) is 17.0. The van der Waals surface area contributed by atoms with Gasteiger partial charge >= 0.3 is 0 Å². The molecule has 2 aliphatic rings. The second kappa shape index (κ2) is 7.17. The Hall–Kier alpha value is -2.89. The van der Waals surface area contributed by atoms with Crippen LogP contribution in [0.1, 0.15) is 16.0 Å². The van der Waals surface area contributed by atoms with Crippen LogP contribution in [0.2, 0.25) is 5.02 Å². The first-order valence-electron chi connectivity index (χ1n) is 9.38. The maximum absolute atomic E-state index is 13.5. The number of hydrogen-bond donors (Lipinski definition) is 0. The fourth-order valence-electron chi connectivity index (χ4n) is 3.97. The summed E-state index contributed by atoms with van der Waals surface area (Å²) in [5.74, 6) is -0.535. The van der Waals surface area contributed by atoms with Gasteiger partial charge in [-0.1, -0.05) is 54.1 Å². The molecule has 3 aromatic rings. The van der Waals surface area contributed by atoms with Gasteiger partial charge in [0.15, 0.2) is 0 Å². The number of para-hydroxylation sites is 1. The second-order valence-electron chi connectivity index (χ2n) is 7.02. The molecule has 144 valence electrons.